The maximum Gasteiger partial charge on any atom is 0.329 e. The molecule has 1 spiro atoms. The fourth-order valence-electron chi connectivity index (χ4n) is 11.4. The van der Waals surface area contributed by atoms with Crippen LogP contribution in [-0.4, -0.2) is 87.7 Å². The molecule has 66 heavy (non-hydrogen) atoms. The van der Waals surface area contributed by atoms with Gasteiger partial charge in [0.1, 0.15) is 16.7 Å². The van der Waals surface area contributed by atoms with Crippen LogP contribution in [-0.2, 0) is 31.4 Å². The molecule has 2 unspecified atom stereocenters. The maximum absolute atomic E-state index is 13.4. The van der Waals surface area contributed by atoms with E-state index < -0.39 is 22.0 Å². The molecule has 5 heterocycles. The monoisotopic (exact) mass is 939 g/mol. The lowest BCUT2D eigenvalue weighted by molar-refractivity contribution is -0.135. The van der Waals surface area contributed by atoms with E-state index in [4.69, 9.17) is 21.3 Å². The number of fused-ring (bicyclic) bond motifs is 2. The van der Waals surface area contributed by atoms with Gasteiger partial charge in [0.15, 0.2) is 0 Å². The maximum atomic E-state index is 13.4. The van der Waals surface area contributed by atoms with Gasteiger partial charge in [0.2, 0.25) is 27.8 Å². The molecule has 3 aliphatic carbocycles. The Balaban J connectivity index is 0.669. The number of aryl methyl sites for hydroxylation is 2. The minimum absolute atomic E-state index is 0.0645. The lowest BCUT2D eigenvalue weighted by Gasteiger charge is -2.36. The molecule has 18 heteroatoms. The Morgan fingerprint density at radius 3 is 2.44 bits per heavy atom. The number of imidazole rings is 1. The molecule has 2 atom stereocenters. The number of pyridine rings is 1. The molecule has 0 bridgehead atoms. The van der Waals surface area contributed by atoms with E-state index in [1.165, 1.54) is 10.1 Å². The Labute approximate surface area is 388 Å². The highest BCUT2D eigenvalue weighted by Gasteiger charge is 2.53. The first-order valence-corrected chi connectivity index (χ1v) is 25.5. The molecule has 2 amide bonds. The van der Waals surface area contributed by atoms with E-state index in [-0.39, 0.29) is 57.6 Å². The van der Waals surface area contributed by atoms with Crippen LogP contribution in [0.2, 0.25) is 5.02 Å². The van der Waals surface area contributed by atoms with Crippen molar-refractivity contribution in [2.75, 3.05) is 38.1 Å². The van der Waals surface area contributed by atoms with Crippen LogP contribution in [0.15, 0.2) is 63.1 Å². The molecule has 16 nitrogen and oxygen atoms in total. The third kappa shape index (κ3) is 8.72. The number of nitrogens with one attached hydrogen (secondary N) is 3. The van der Waals surface area contributed by atoms with Crippen LogP contribution in [0.4, 0.5) is 11.6 Å². The topological polar surface area (TPSA) is 192 Å². The van der Waals surface area contributed by atoms with Gasteiger partial charge in [-0.3, -0.25) is 33.4 Å². The molecule has 350 valence electrons. The predicted molar refractivity (Wildman–Crippen MR) is 252 cm³/mol. The minimum atomic E-state index is -3.78. The van der Waals surface area contributed by atoms with Crippen molar-refractivity contribution >= 4 is 67.1 Å². The van der Waals surface area contributed by atoms with Crippen molar-refractivity contribution in [3.63, 3.8) is 0 Å². The number of ether oxygens (including phenoxy) is 1. The van der Waals surface area contributed by atoms with Crippen LogP contribution in [0.25, 0.3) is 22.1 Å². The SMILES string of the molecule is Cc1cc(S(=O)(=O)NCCOC2CCC(CN3CCC(c4ccc5c(c4)n(C)c(=O)n5C4CCC(=O)NC4=O)CC3)CC2)ccc1Nc1ncc2cc(Cl)c(=O)n(C3CCCC34CC4)c2n1. The number of anilines is 2. The molecule has 5 aromatic rings. The molecule has 0 radical (unpaired) electrons. The number of hydrogen-bond donors (Lipinski definition) is 3. The Hall–Kier alpha value is -4.94. The van der Waals surface area contributed by atoms with Gasteiger partial charge < -0.3 is 15.0 Å². The average molecular weight is 941 g/mol. The summed E-state index contributed by atoms with van der Waals surface area (Å²) in [6.45, 7) is 5.37. The molecule has 3 aromatic heterocycles. The summed E-state index contributed by atoms with van der Waals surface area (Å²) in [5.41, 5.74) is 4.32. The highest BCUT2D eigenvalue weighted by molar-refractivity contribution is 7.89. The normalized spacial score (nSPS) is 23.8. The van der Waals surface area contributed by atoms with Gasteiger partial charge in [0.25, 0.3) is 5.56 Å². The summed E-state index contributed by atoms with van der Waals surface area (Å²) in [5, 5.41) is 6.48. The molecule has 3 N–H and O–H groups in total. The number of carbonyl (C=O) groups excluding carboxylic acids is 2. The lowest BCUT2D eigenvalue weighted by Crippen LogP contribution is -2.44. The van der Waals surface area contributed by atoms with Crippen molar-refractivity contribution in [1.29, 1.82) is 0 Å². The summed E-state index contributed by atoms with van der Waals surface area (Å²) >= 11 is 6.40. The molecular weight excluding hydrogens is 882 g/mol. The number of carbonyl (C=O) groups is 2. The van der Waals surface area contributed by atoms with Crippen molar-refractivity contribution in [2.24, 2.45) is 18.4 Å². The van der Waals surface area contributed by atoms with E-state index in [0.717, 1.165) is 95.8 Å². The summed E-state index contributed by atoms with van der Waals surface area (Å²) < 4.78 is 40.4. The zero-order valence-corrected chi connectivity index (χ0v) is 39.1. The zero-order chi connectivity index (χ0) is 45.9. The van der Waals surface area contributed by atoms with Crippen LogP contribution in [0.3, 0.4) is 0 Å². The van der Waals surface area contributed by atoms with Crippen LogP contribution in [0, 0.1) is 18.3 Å². The zero-order valence-electron chi connectivity index (χ0n) is 37.6. The molecule has 5 fully saturated rings. The molecule has 3 saturated carbocycles. The second-order valence-electron chi connectivity index (χ2n) is 19.4. The summed E-state index contributed by atoms with van der Waals surface area (Å²) in [4.78, 5) is 63.0. The number of nitrogens with zero attached hydrogens (tertiary/aromatic N) is 6. The number of piperidine rings is 2. The van der Waals surface area contributed by atoms with Gasteiger partial charge in [-0.15, -0.1) is 0 Å². The molecule has 2 aromatic carbocycles. The predicted octanol–water partition coefficient (Wildman–Crippen LogP) is 6.37. The number of likely N-dealkylation sites (tertiary alicyclic amines) is 1. The van der Waals surface area contributed by atoms with Crippen molar-refractivity contribution in [2.45, 2.75) is 119 Å². The third-order valence-electron chi connectivity index (χ3n) is 15.3. The number of aromatic nitrogens is 5. The van der Waals surface area contributed by atoms with Crippen LogP contribution < -0.4 is 26.6 Å². The fourth-order valence-corrected chi connectivity index (χ4v) is 12.7. The van der Waals surface area contributed by atoms with Gasteiger partial charge in [0.05, 0.1) is 28.6 Å². The van der Waals surface area contributed by atoms with Crippen molar-refractivity contribution in [3.8, 4) is 0 Å². The molecule has 2 saturated heterocycles. The number of sulfonamides is 1. The van der Waals surface area contributed by atoms with E-state index in [0.29, 0.717) is 58.6 Å². The third-order valence-corrected chi connectivity index (χ3v) is 17.0. The summed E-state index contributed by atoms with van der Waals surface area (Å²) in [7, 11) is -2.04. The summed E-state index contributed by atoms with van der Waals surface area (Å²) in [6.07, 6.45) is 13.8. The lowest BCUT2D eigenvalue weighted by atomic mass is 9.85. The number of hydrogen-bond acceptors (Lipinski definition) is 11. The quantitative estimate of drug-likeness (QED) is 0.0879. The van der Waals surface area contributed by atoms with Gasteiger partial charge in [-0.05, 0) is 155 Å². The van der Waals surface area contributed by atoms with Crippen molar-refractivity contribution in [1.82, 2.24) is 38.6 Å². The highest BCUT2D eigenvalue weighted by Crippen LogP contribution is 2.63. The van der Waals surface area contributed by atoms with E-state index in [2.05, 4.69) is 37.4 Å². The number of imide groups is 1. The van der Waals surface area contributed by atoms with Gasteiger partial charge in [-0.1, -0.05) is 24.1 Å². The van der Waals surface area contributed by atoms with E-state index in [1.807, 2.05) is 13.0 Å². The Kier molecular flexibility index (Phi) is 12.2. The minimum Gasteiger partial charge on any atom is -0.377 e. The Morgan fingerprint density at radius 2 is 1.70 bits per heavy atom. The Bertz CT molecular complexity index is 2950. The summed E-state index contributed by atoms with van der Waals surface area (Å²) in [5.74, 6) is 0.571. The van der Waals surface area contributed by atoms with E-state index >= 15 is 0 Å². The molecule has 10 rings (SSSR count). The second kappa shape index (κ2) is 17.9. The van der Waals surface area contributed by atoms with Gasteiger partial charge >= 0.3 is 5.69 Å². The van der Waals surface area contributed by atoms with Crippen molar-refractivity contribution in [3.05, 3.63) is 85.6 Å². The molecular formula is C48H58ClN9O7S. The number of rotatable bonds is 13. The molecule has 5 aliphatic rings. The van der Waals surface area contributed by atoms with E-state index in [9.17, 15) is 27.6 Å². The van der Waals surface area contributed by atoms with Gasteiger partial charge in [-0.25, -0.2) is 22.9 Å². The van der Waals surface area contributed by atoms with Crippen LogP contribution in [0.5, 0.6) is 0 Å². The smallest absolute Gasteiger partial charge is 0.329 e. The van der Waals surface area contributed by atoms with Crippen LogP contribution >= 0.6 is 11.6 Å². The molecule has 2 aliphatic heterocycles. The first kappa shape index (κ1) is 44.9. The van der Waals surface area contributed by atoms with Crippen molar-refractivity contribution < 1.29 is 22.7 Å². The largest absolute Gasteiger partial charge is 0.377 e. The first-order chi connectivity index (χ1) is 31.8. The van der Waals surface area contributed by atoms with Crippen LogP contribution in [0.1, 0.15) is 113 Å². The second-order valence-corrected chi connectivity index (χ2v) is 21.6. The van der Waals surface area contributed by atoms with Gasteiger partial charge in [0, 0.05) is 49.9 Å². The number of halogens is 1. The number of benzene rings is 2. The highest BCUT2D eigenvalue weighted by atomic mass is 35.5. The fraction of sp³-hybridized carbons (Fsp3) is 0.542. The van der Waals surface area contributed by atoms with E-state index in [1.54, 1.807) is 46.6 Å². The summed E-state index contributed by atoms with van der Waals surface area (Å²) in [6, 6.07) is 12.0. The standard InChI is InChI=1S/C48H58ClN9O7S/c1-29-24-35(10-11-37(29)52-46-50-27-33-25-36(49)45(61)58(43(33)54-46)41-4-3-17-48(41)18-19-48)66(63,64)51-20-23-65-34-8-5-30(6-9-34)28-56-21-15-31(16-22-56)32-7-12-38-40(26-32)55(2)47(62)57(38)39-13-14-42(59)53-44(39)60/h7,10-12,24-27,30-31,34,39,41,51H,3-6,8-9,13-23,28H2,1-2H3,(H,50,52,54)(H,53,59,60). The number of amides is 2. The van der Waals surface area contributed by atoms with Gasteiger partial charge in [-0.2, -0.15) is 4.98 Å². The average Bonchev–Trinajstić information content (AvgIpc) is 3.91. The first-order valence-electron chi connectivity index (χ1n) is 23.6. The Morgan fingerprint density at radius 1 is 0.909 bits per heavy atom.